The highest BCUT2D eigenvalue weighted by Crippen LogP contribution is 2.52. The van der Waals surface area contributed by atoms with E-state index >= 15 is 0 Å². The molecule has 1 saturated heterocycles. The van der Waals surface area contributed by atoms with Crippen LogP contribution in [0.25, 0.3) is 0 Å². The lowest BCUT2D eigenvalue weighted by Gasteiger charge is -2.48. The van der Waals surface area contributed by atoms with E-state index in [0.29, 0.717) is 30.0 Å². The SMILES string of the molecule is COc1ccc([C@@]23CC[C@@H](NC(=O)Nc4cc(F)cc(C(F)(F)F)c4)C[C@@H]2N(C2CCC2)CC3)cc1OC. The third-order valence-corrected chi connectivity index (χ3v) is 8.62. The number of methoxy groups -OCH3 is 2. The standard InChI is InChI=1S/C28H33F4N3O3/c1-37-23-7-6-17(14-24(23)38-2)27-9-8-20(16-25(27)35(11-10-27)22-4-3-5-22)33-26(36)34-21-13-18(28(30,31)32)12-19(29)15-21/h6-7,12-15,20,22,25H,3-5,8-11,16H2,1-2H3,(H2,33,34,36)/t20-,25+,27+/m1/s1. The van der Waals surface area contributed by atoms with Crippen molar-refractivity contribution in [3.8, 4) is 11.5 Å². The molecule has 2 amide bonds. The third-order valence-electron chi connectivity index (χ3n) is 8.62. The Morgan fingerprint density at radius 2 is 1.79 bits per heavy atom. The molecule has 2 aromatic carbocycles. The maximum absolute atomic E-state index is 13.8. The van der Waals surface area contributed by atoms with Crippen molar-refractivity contribution in [2.24, 2.45) is 0 Å². The molecule has 206 valence electrons. The number of hydrogen-bond acceptors (Lipinski definition) is 4. The van der Waals surface area contributed by atoms with Crippen LogP contribution in [0.1, 0.15) is 56.1 Å². The molecule has 0 spiro atoms. The zero-order valence-electron chi connectivity index (χ0n) is 21.5. The molecule has 38 heavy (non-hydrogen) atoms. The van der Waals surface area contributed by atoms with Crippen molar-refractivity contribution in [3.63, 3.8) is 0 Å². The molecule has 0 radical (unpaired) electrons. The molecular weight excluding hydrogens is 502 g/mol. The molecule has 0 unspecified atom stereocenters. The molecule has 3 aliphatic rings. The number of urea groups is 1. The van der Waals surface area contributed by atoms with Gasteiger partial charge in [0.25, 0.3) is 0 Å². The lowest BCUT2D eigenvalue weighted by atomic mass is 9.64. The molecule has 1 heterocycles. The van der Waals surface area contributed by atoms with Crippen LogP contribution in [0.2, 0.25) is 0 Å². The van der Waals surface area contributed by atoms with E-state index in [1.807, 2.05) is 6.07 Å². The molecule has 3 atom stereocenters. The van der Waals surface area contributed by atoms with Crippen molar-refractivity contribution in [3.05, 3.63) is 53.3 Å². The largest absolute Gasteiger partial charge is 0.493 e. The number of anilines is 1. The summed E-state index contributed by atoms with van der Waals surface area (Å²) in [4.78, 5) is 15.4. The van der Waals surface area contributed by atoms with Gasteiger partial charge in [-0.3, -0.25) is 4.90 Å². The fraction of sp³-hybridized carbons (Fsp3) is 0.536. The summed E-state index contributed by atoms with van der Waals surface area (Å²) < 4.78 is 64.0. The van der Waals surface area contributed by atoms with Gasteiger partial charge in [0.05, 0.1) is 19.8 Å². The molecule has 1 aliphatic heterocycles. The van der Waals surface area contributed by atoms with Gasteiger partial charge >= 0.3 is 12.2 Å². The van der Waals surface area contributed by atoms with E-state index in [1.54, 1.807) is 14.2 Å². The summed E-state index contributed by atoms with van der Waals surface area (Å²) in [5.74, 6) is 0.304. The van der Waals surface area contributed by atoms with Crippen LogP contribution in [-0.4, -0.2) is 49.8 Å². The number of nitrogens with one attached hydrogen (secondary N) is 2. The van der Waals surface area contributed by atoms with Crippen LogP contribution in [0.5, 0.6) is 11.5 Å². The highest BCUT2D eigenvalue weighted by molar-refractivity contribution is 5.89. The molecule has 10 heteroatoms. The topological polar surface area (TPSA) is 62.8 Å². The van der Waals surface area contributed by atoms with E-state index in [4.69, 9.17) is 9.47 Å². The van der Waals surface area contributed by atoms with E-state index in [9.17, 15) is 22.4 Å². The number of hydrogen-bond donors (Lipinski definition) is 2. The molecule has 5 rings (SSSR count). The van der Waals surface area contributed by atoms with Gasteiger partial charge in [0.2, 0.25) is 0 Å². The van der Waals surface area contributed by atoms with Crippen LogP contribution in [0.3, 0.4) is 0 Å². The van der Waals surface area contributed by atoms with Crippen molar-refractivity contribution >= 4 is 11.7 Å². The second kappa shape index (κ2) is 10.3. The number of amides is 2. The summed E-state index contributed by atoms with van der Waals surface area (Å²) in [5, 5.41) is 5.33. The number of ether oxygens (including phenoxy) is 2. The molecule has 0 aromatic heterocycles. The van der Waals surface area contributed by atoms with Gasteiger partial charge in [-0.25, -0.2) is 9.18 Å². The maximum atomic E-state index is 13.8. The van der Waals surface area contributed by atoms with Crippen LogP contribution in [0.4, 0.5) is 28.0 Å². The monoisotopic (exact) mass is 535 g/mol. The second-order valence-electron chi connectivity index (χ2n) is 10.6. The number of halogens is 4. The average Bonchev–Trinajstić information content (AvgIpc) is 3.21. The fourth-order valence-electron chi connectivity index (χ4n) is 6.53. The quantitative estimate of drug-likeness (QED) is 0.439. The minimum absolute atomic E-state index is 0.0893. The average molecular weight is 536 g/mol. The molecule has 2 N–H and O–H groups in total. The number of carbonyl (C=O) groups is 1. The van der Waals surface area contributed by atoms with Gasteiger partial charge in [-0.15, -0.1) is 0 Å². The molecule has 2 saturated carbocycles. The van der Waals surface area contributed by atoms with Crippen molar-refractivity contribution in [1.29, 1.82) is 0 Å². The molecule has 2 aliphatic carbocycles. The molecule has 0 bridgehead atoms. The van der Waals surface area contributed by atoms with Gasteiger partial charge in [0, 0.05) is 29.2 Å². The number of benzene rings is 2. The summed E-state index contributed by atoms with van der Waals surface area (Å²) in [6, 6.07) is 8.09. The lowest BCUT2D eigenvalue weighted by molar-refractivity contribution is -0.137. The van der Waals surface area contributed by atoms with Gasteiger partial charge in [-0.05, 0) is 81.0 Å². The van der Waals surface area contributed by atoms with E-state index in [1.165, 1.54) is 12.0 Å². The Morgan fingerprint density at radius 3 is 2.45 bits per heavy atom. The Hall–Kier alpha value is -3.01. The number of rotatable bonds is 6. The van der Waals surface area contributed by atoms with Crippen LogP contribution >= 0.6 is 0 Å². The lowest BCUT2D eigenvalue weighted by Crippen LogP contribution is -2.55. The first-order valence-electron chi connectivity index (χ1n) is 13.1. The summed E-state index contributed by atoms with van der Waals surface area (Å²) in [6.07, 6.45) is 2.12. The zero-order chi connectivity index (χ0) is 27.1. The Morgan fingerprint density at radius 1 is 1.03 bits per heavy atom. The number of likely N-dealkylation sites (tertiary alicyclic amines) is 1. The first-order valence-corrected chi connectivity index (χ1v) is 13.1. The predicted octanol–water partition coefficient (Wildman–Crippen LogP) is 6.10. The minimum atomic E-state index is -4.71. The van der Waals surface area contributed by atoms with E-state index in [-0.39, 0.29) is 23.2 Å². The zero-order valence-corrected chi connectivity index (χ0v) is 21.5. The summed E-state index contributed by atoms with van der Waals surface area (Å²) >= 11 is 0. The summed E-state index contributed by atoms with van der Waals surface area (Å²) in [7, 11) is 3.24. The van der Waals surface area contributed by atoms with E-state index < -0.39 is 23.6 Å². The van der Waals surface area contributed by atoms with Gasteiger partial charge in [0.1, 0.15) is 5.82 Å². The van der Waals surface area contributed by atoms with E-state index in [0.717, 1.165) is 50.8 Å². The fourth-order valence-corrected chi connectivity index (χ4v) is 6.53. The third kappa shape index (κ3) is 5.02. The van der Waals surface area contributed by atoms with Crippen LogP contribution < -0.4 is 20.1 Å². The Balaban J connectivity index is 1.34. The molecule has 3 fully saturated rings. The van der Waals surface area contributed by atoms with Gasteiger partial charge in [-0.2, -0.15) is 13.2 Å². The summed E-state index contributed by atoms with van der Waals surface area (Å²) in [6.45, 7) is 0.978. The first kappa shape index (κ1) is 26.6. The van der Waals surface area contributed by atoms with Gasteiger partial charge < -0.3 is 20.1 Å². The number of alkyl halides is 3. The van der Waals surface area contributed by atoms with Crippen molar-refractivity contribution in [2.75, 3.05) is 26.1 Å². The molecule has 2 aromatic rings. The molecule has 6 nitrogen and oxygen atoms in total. The first-order chi connectivity index (χ1) is 18.1. The number of carbonyl (C=O) groups excluding carboxylic acids is 1. The highest BCUT2D eigenvalue weighted by atomic mass is 19.4. The van der Waals surface area contributed by atoms with Gasteiger partial charge in [-0.1, -0.05) is 12.5 Å². The smallest absolute Gasteiger partial charge is 0.416 e. The highest BCUT2D eigenvalue weighted by Gasteiger charge is 2.53. The predicted molar refractivity (Wildman–Crippen MR) is 135 cm³/mol. The Kier molecular flexibility index (Phi) is 7.19. The number of nitrogens with zero attached hydrogens (tertiary/aromatic N) is 1. The number of fused-ring (bicyclic) bond motifs is 1. The maximum Gasteiger partial charge on any atom is 0.416 e. The van der Waals surface area contributed by atoms with E-state index in [2.05, 4.69) is 27.7 Å². The van der Waals surface area contributed by atoms with Crippen LogP contribution in [0, 0.1) is 5.82 Å². The molecular formula is C28H33F4N3O3. The summed E-state index contributed by atoms with van der Waals surface area (Å²) in [5.41, 5.74) is -0.271. The normalized spacial score (nSPS) is 25.8. The van der Waals surface area contributed by atoms with Crippen molar-refractivity contribution < 1.29 is 31.8 Å². The second-order valence-corrected chi connectivity index (χ2v) is 10.6. The Labute approximate surface area is 219 Å². The van der Waals surface area contributed by atoms with Crippen molar-refractivity contribution in [1.82, 2.24) is 10.2 Å². The van der Waals surface area contributed by atoms with Crippen LogP contribution in [-0.2, 0) is 11.6 Å². The minimum Gasteiger partial charge on any atom is -0.493 e. The Bertz CT molecular complexity index is 1190. The van der Waals surface area contributed by atoms with Gasteiger partial charge in [0.15, 0.2) is 11.5 Å². The van der Waals surface area contributed by atoms with Crippen molar-refractivity contribution in [2.45, 2.75) is 74.7 Å². The van der Waals surface area contributed by atoms with Crippen LogP contribution in [0.15, 0.2) is 36.4 Å².